The number of hydrogen-bond acceptors (Lipinski definition) is 6. The Morgan fingerprint density at radius 2 is 2.00 bits per heavy atom. The minimum absolute atomic E-state index is 0.0161. The molecule has 0 atom stereocenters. The monoisotopic (exact) mass is 370 g/mol. The molecule has 0 spiro atoms. The Hall–Kier alpha value is -2.00. The Labute approximate surface area is 148 Å². The summed E-state index contributed by atoms with van der Waals surface area (Å²) >= 11 is 0. The molecule has 5 N–H and O–H groups in total. The normalized spacial score (nSPS) is 15.6. The highest BCUT2D eigenvalue weighted by Crippen LogP contribution is 2.27. The molecule has 1 aliphatic carbocycles. The molecule has 2 rings (SSSR count). The van der Waals surface area contributed by atoms with Gasteiger partial charge in [0.05, 0.1) is 16.3 Å². The second-order valence-electron chi connectivity index (χ2n) is 6.01. The molecule has 9 heteroatoms. The summed E-state index contributed by atoms with van der Waals surface area (Å²) in [5, 5.41) is 5.67. The zero-order chi connectivity index (χ0) is 18.3. The first-order valence-corrected chi connectivity index (χ1v) is 9.91. The van der Waals surface area contributed by atoms with Gasteiger partial charge < -0.3 is 21.1 Å². The summed E-state index contributed by atoms with van der Waals surface area (Å²) in [7, 11) is -2.28. The second-order valence-corrected chi connectivity index (χ2v) is 7.78. The SMILES string of the molecule is CNC(=O)OCCNS(=O)(=O)c1ccc(NC2CCCCC2)c(N)c1. The number of hydrogen-bond donors (Lipinski definition) is 4. The maximum Gasteiger partial charge on any atom is 0.406 e. The van der Waals surface area contributed by atoms with Crippen LogP contribution in [0.2, 0.25) is 0 Å². The Kier molecular flexibility index (Phi) is 6.89. The fraction of sp³-hybridized carbons (Fsp3) is 0.562. The van der Waals surface area contributed by atoms with E-state index in [1.165, 1.54) is 38.4 Å². The van der Waals surface area contributed by atoms with Gasteiger partial charge in [0, 0.05) is 19.6 Å². The maximum absolute atomic E-state index is 12.3. The van der Waals surface area contributed by atoms with Crippen molar-refractivity contribution in [3.05, 3.63) is 18.2 Å². The van der Waals surface area contributed by atoms with E-state index in [1.807, 2.05) is 0 Å². The average molecular weight is 370 g/mol. The van der Waals surface area contributed by atoms with Crippen LogP contribution in [0.5, 0.6) is 0 Å². The third kappa shape index (κ3) is 5.79. The van der Waals surface area contributed by atoms with Crippen LogP contribution in [0.15, 0.2) is 23.1 Å². The number of amides is 1. The van der Waals surface area contributed by atoms with Crippen molar-refractivity contribution >= 4 is 27.5 Å². The fourth-order valence-corrected chi connectivity index (χ4v) is 3.83. The first-order valence-electron chi connectivity index (χ1n) is 8.42. The lowest BCUT2D eigenvalue weighted by atomic mass is 9.95. The third-order valence-corrected chi connectivity index (χ3v) is 5.59. The Bertz CT molecular complexity index is 687. The van der Waals surface area contributed by atoms with Crippen molar-refractivity contribution < 1.29 is 17.9 Å². The van der Waals surface area contributed by atoms with Gasteiger partial charge in [0.1, 0.15) is 6.61 Å². The first-order chi connectivity index (χ1) is 11.9. The van der Waals surface area contributed by atoms with E-state index in [1.54, 1.807) is 6.07 Å². The fourth-order valence-electron chi connectivity index (χ4n) is 2.78. The number of nitrogen functional groups attached to an aromatic ring is 1. The summed E-state index contributed by atoms with van der Waals surface area (Å²) < 4.78 is 31.6. The van der Waals surface area contributed by atoms with Crippen LogP contribution in [0.4, 0.5) is 16.2 Å². The van der Waals surface area contributed by atoms with Gasteiger partial charge in [-0.3, -0.25) is 0 Å². The number of rotatable bonds is 7. The number of nitrogens with one attached hydrogen (secondary N) is 3. The molecule has 1 aromatic carbocycles. The van der Waals surface area contributed by atoms with Crippen molar-refractivity contribution in [2.75, 3.05) is 31.2 Å². The minimum Gasteiger partial charge on any atom is -0.448 e. The quantitative estimate of drug-likeness (QED) is 0.427. The van der Waals surface area contributed by atoms with Gasteiger partial charge in [0.25, 0.3) is 0 Å². The molecule has 0 unspecified atom stereocenters. The molecule has 0 bridgehead atoms. The number of ether oxygens (including phenoxy) is 1. The van der Waals surface area contributed by atoms with Crippen LogP contribution in [0, 0.1) is 0 Å². The number of nitrogens with two attached hydrogens (primary N) is 1. The minimum atomic E-state index is -3.71. The number of benzene rings is 1. The molecule has 0 radical (unpaired) electrons. The van der Waals surface area contributed by atoms with Gasteiger partial charge >= 0.3 is 6.09 Å². The summed E-state index contributed by atoms with van der Waals surface area (Å²) in [6, 6.07) is 5.04. The van der Waals surface area contributed by atoms with Crippen molar-refractivity contribution in [2.24, 2.45) is 0 Å². The molecule has 0 aliphatic heterocycles. The van der Waals surface area contributed by atoms with Crippen LogP contribution >= 0.6 is 0 Å². The standard InChI is InChI=1S/C16H26N4O4S/c1-18-16(21)24-10-9-19-25(22,23)13-7-8-15(14(17)11-13)20-12-5-3-2-4-6-12/h7-8,11-12,19-20H,2-6,9-10,17H2,1H3,(H,18,21). The van der Waals surface area contributed by atoms with Gasteiger partial charge in [-0.2, -0.15) is 0 Å². The van der Waals surface area contributed by atoms with Crippen molar-refractivity contribution in [1.82, 2.24) is 10.0 Å². The van der Waals surface area contributed by atoms with E-state index >= 15 is 0 Å². The molecule has 140 valence electrons. The van der Waals surface area contributed by atoms with E-state index in [0.29, 0.717) is 11.7 Å². The molecule has 1 fully saturated rings. The van der Waals surface area contributed by atoms with Crippen LogP contribution < -0.4 is 21.1 Å². The third-order valence-electron chi connectivity index (χ3n) is 4.13. The van der Waals surface area contributed by atoms with Crippen molar-refractivity contribution in [2.45, 2.75) is 43.0 Å². The molecular weight excluding hydrogens is 344 g/mol. The Balaban J connectivity index is 1.94. The molecule has 25 heavy (non-hydrogen) atoms. The molecule has 0 saturated heterocycles. The zero-order valence-electron chi connectivity index (χ0n) is 14.4. The number of carbonyl (C=O) groups is 1. The Morgan fingerprint density at radius 3 is 2.64 bits per heavy atom. The second kappa shape index (κ2) is 8.91. The summed E-state index contributed by atoms with van der Waals surface area (Å²) in [6.07, 6.45) is 5.26. The Morgan fingerprint density at radius 1 is 1.28 bits per heavy atom. The molecule has 1 aromatic rings. The van der Waals surface area contributed by atoms with Gasteiger partial charge in [-0.25, -0.2) is 17.9 Å². The summed E-state index contributed by atoms with van der Waals surface area (Å²) in [6.45, 7) is -0.0760. The summed E-state index contributed by atoms with van der Waals surface area (Å²) in [5.74, 6) is 0. The van der Waals surface area contributed by atoms with Crippen molar-refractivity contribution in [3.8, 4) is 0 Å². The van der Waals surface area contributed by atoms with Gasteiger partial charge in [0.2, 0.25) is 10.0 Å². The molecular formula is C16H26N4O4S. The number of sulfonamides is 1. The van der Waals surface area contributed by atoms with Crippen LogP contribution in [0.25, 0.3) is 0 Å². The lowest BCUT2D eigenvalue weighted by Gasteiger charge is -2.24. The first kappa shape index (κ1) is 19.3. The average Bonchev–Trinajstić information content (AvgIpc) is 2.61. The van der Waals surface area contributed by atoms with Gasteiger partial charge in [0.15, 0.2) is 0 Å². The van der Waals surface area contributed by atoms with Gasteiger partial charge in [-0.1, -0.05) is 19.3 Å². The van der Waals surface area contributed by atoms with Gasteiger partial charge in [-0.05, 0) is 31.0 Å². The van der Waals surface area contributed by atoms with Crippen LogP contribution in [-0.4, -0.2) is 40.8 Å². The van der Waals surface area contributed by atoms with E-state index in [9.17, 15) is 13.2 Å². The summed E-state index contributed by atoms with van der Waals surface area (Å²) in [5.41, 5.74) is 7.17. The predicted octanol–water partition coefficient (Wildman–Crippen LogP) is 1.65. The molecule has 0 aromatic heterocycles. The molecule has 1 saturated carbocycles. The molecule has 8 nitrogen and oxygen atoms in total. The molecule has 1 aliphatic rings. The van der Waals surface area contributed by atoms with Crippen LogP contribution in [0.1, 0.15) is 32.1 Å². The topological polar surface area (TPSA) is 123 Å². The number of alkyl carbamates (subject to hydrolysis) is 1. The smallest absolute Gasteiger partial charge is 0.406 e. The highest BCUT2D eigenvalue weighted by Gasteiger charge is 2.17. The van der Waals surface area contributed by atoms with E-state index in [-0.39, 0.29) is 18.0 Å². The lowest BCUT2D eigenvalue weighted by Crippen LogP contribution is -2.30. The highest BCUT2D eigenvalue weighted by molar-refractivity contribution is 7.89. The van der Waals surface area contributed by atoms with Crippen LogP contribution in [0.3, 0.4) is 0 Å². The maximum atomic E-state index is 12.3. The van der Waals surface area contributed by atoms with E-state index in [0.717, 1.165) is 18.5 Å². The number of carbonyl (C=O) groups excluding carboxylic acids is 1. The zero-order valence-corrected chi connectivity index (χ0v) is 15.2. The molecule has 1 amide bonds. The van der Waals surface area contributed by atoms with Crippen LogP contribution in [-0.2, 0) is 14.8 Å². The van der Waals surface area contributed by atoms with Gasteiger partial charge in [-0.15, -0.1) is 0 Å². The van der Waals surface area contributed by atoms with Crippen molar-refractivity contribution in [1.29, 1.82) is 0 Å². The highest BCUT2D eigenvalue weighted by atomic mass is 32.2. The van der Waals surface area contributed by atoms with E-state index in [2.05, 4.69) is 15.4 Å². The van der Waals surface area contributed by atoms with E-state index in [4.69, 9.17) is 10.5 Å². The molecule has 0 heterocycles. The van der Waals surface area contributed by atoms with Crippen molar-refractivity contribution in [3.63, 3.8) is 0 Å². The lowest BCUT2D eigenvalue weighted by molar-refractivity contribution is 0.150. The van der Waals surface area contributed by atoms with E-state index < -0.39 is 16.1 Å². The largest absolute Gasteiger partial charge is 0.448 e. The number of anilines is 2. The summed E-state index contributed by atoms with van der Waals surface area (Å²) in [4.78, 5) is 11.0. The predicted molar refractivity (Wildman–Crippen MR) is 96.9 cm³/mol.